The Morgan fingerprint density at radius 3 is 2.57 bits per heavy atom. The van der Waals surface area contributed by atoms with Crippen LogP contribution in [0.2, 0.25) is 0 Å². The number of nitrogens with one attached hydrogen (secondary N) is 3. The number of aromatic nitrogens is 2. The van der Waals surface area contributed by atoms with Crippen molar-refractivity contribution < 1.29 is 27.5 Å². The van der Waals surface area contributed by atoms with Gasteiger partial charge in [-0.2, -0.15) is 0 Å². The molecule has 3 aliphatic heterocycles. The quantitative estimate of drug-likeness (QED) is 0.170. The van der Waals surface area contributed by atoms with Crippen LogP contribution in [0.4, 0.5) is 26.2 Å². The average Bonchev–Trinajstić information content (AvgIpc) is 3.77. The van der Waals surface area contributed by atoms with E-state index >= 15 is 4.39 Å². The summed E-state index contributed by atoms with van der Waals surface area (Å²) in [4.78, 5) is 30.9. The summed E-state index contributed by atoms with van der Waals surface area (Å²) in [5, 5.41) is 17.4. The Bertz CT molecular complexity index is 2060. The molecule has 3 aliphatic rings. The third kappa shape index (κ3) is 7.72. The van der Waals surface area contributed by atoms with E-state index in [1.54, 1.807) is 29.2 Å². The second-order valence-corrected chi connectivity index (χ2v) is 13.7. The summed E-state index contributed by atoms with van der Waals surface area (Å²) >= 11 is 0. The Hall–Kier alpha value is -5.40. The van der Waals surface area contributed by atoms with E-state index in [-0.39, 0.29) is 48.7 Å². The molecule has 3 aromatic carbocycles. The zero-order chi connectivity index (χ0) is 37.1. The molecular formula is C40H43F2N7O4. The van der Waals surface area contributed by atoms with Gasteiger partial charge in [0.25, 0.3) is 5.91 Å². The van der Waals surface area contributed by atoms with Gasteiger partial charge < -0.3 is 30.0 Å². The first-order valence-corrected chi connectivity index (χ1v) is 17.9. The Kier molecular flexibility index (Phi) is 10.4. The molecule has 2 amide bonds. The molecule has 53 heavy (non-hydrogen) atoms. The minimum atomic E-state index is -1.14. The number of anilines is 3. The van der Waals surface area contributed by atoms with E-state index in [0.717, 1.165) is 34.4 Å². The number of carbonyl (C=O) groups is 2. The van der Waals surface area contributed by atoms with E-state index in [1.165, 1.54) is 25.3 Å². The summed E-state index contributed by atoms with van der Waals surface area (Å²) in [6.07, 6.45) is 5.74. The molecule has 11 nitrogen and oxygen atoms in total. The molecule has 13 heteroatoms. The lowest BCUT2D eigenvalue weighted by Gasteiger charge is -2.30. The second-order valence-electron chi connectivity index (χ2n) is 13.7. The van der Waals surface area contributed by atoms with Crippen molar-refractivity contribution >= 4 is 40.3 Å². The number of ether oxygens (including phenoxy) is 1. The van der Waals surface area contributed by atoms with Gasteiger partial charge in [-0.3, -0.25) is 14.5 Å². The molecule has 4 heterocycles. The van der Waals surface area contributed by atoms with E-state index in [0.29, 0.717) is 55.8 Å². The topological polar surface area (TPSA) is 125 Å². The SMILES string of the molecule is CCNc1nnc(-c2ccc(C3=CCN(C(=O)CN4CCC(OC)(C(=O)Nc5ccc6c(c5)C(c5ccc(F)cc5)=CCC(C)N6)C4)CC3)c(F)c2)o1. The number of nitrogens with zero attached hydrogens (tertiary/aromatic N) is 4. The fourth-order valence-electron chi connectivity index (χ4n) is 7.19. The van der Waals surface area contributed by atoms with Crippen molar-refractivity contribution in [3.8, 4) is 11.5 Å². The van der Waals surface area contributed by atoms with Crippen molar-refractivity contribution in [2.75, 3.05) is 62.3 Å². The molecule has 7 rings (SSSR count). The number of hydrogen-bond acceptors (Lipinski definition) is 9. The van der Waals surface area contributed by atoms with Crippen LogP contribution in [0.5, 0.6) is 0 Å². The third-order valence-corrected chi connectivity index (χ3v) is 10.2. The lowest BCUT2D eigenvalue weighted by atomic mass is 9.95. The Balaban J connectivity index is 0.971. The smallest absolute Gasteiger partial charge is 0.315 e. The van der Waals surface area contributed by atoms with Crippen molar-refractivity contribution in [1.82, 2.24) is 20.0 Å². The number of likely N-dealkylation sites (tertiary alicyclic amines) is 1. The molecule has 0 radical (unpaired) electrons. The fourth-order valence-corrected chi connectivity index (χ4v) is 7.19. The molecule has 1 fully saturated rings. The number of fused-ring (bicyclic) bond motifs is 1. The summed E-state index contributed by atoms with van der Waals surface area (Å²) in [5.41, 5.74) is 4.95. The van der Waals surface area contributed by atoms with Crippen molar-refractivity contribution in [3.05, 3.63) is 101 Å². The lowest BCUT2D eigenvalue weighted by Crippen LogP contribution is -2.48. The van der Waals surface area contributed by atoms with Crippen LogP contribution >= 0.6 is 0 Å². The van der Waals surface area contributed by atoms with Crippen LogP contribution in [-0.4, -0.2) is 89.8 Å². The molecule has 2 unspecified atom stereocenters. The Labute approximate surface area is 307 Å². The zero-order valence-electron chi connectivity index (χ0n) is 30.0. The molecule has 0 saturated carbocycles. The number of hydrogen-bond donors (Lipinski definition) is 3. The van der Waals surface area contributed by atoms with E-state index < -0.39 is 11.4 Å². The zero-order valence-corrected chi connectivity index (χ0v) is 30.0. The summed E-state index contributed by atoms with van der Waals surface area (Å²) in [6, 6.07) is 17.5. The molecular weight excluding hydrogens is 680 g/mol. The van der Waals surface area contributed by atoms with Crippen molar-refractivity contribution in [3.63, 3.8) is 0 Å². The first-order chi connectivity index (χ1) is 25.6. The van der Waals surface area contributed by atoms with Crippen molar-refractivity contribution in [2.45, 2.75) is 44.8 Å². The van der Waals surface area contributed by atoms with Crippen molar-refractivity contribution in [2.24, 2.45) is 0 Å². The van der Waals surface area contributed by atoms with Gasteiger partial charge in [-0.15, -0.1) is 5.10 Å². The van der Waals surface area contributed by atoms with E-state index in [2.05, 4.69) is 39.1 Å². The van der Waals surface area contributed by atoms with Gasteiger partial charge in [0.1, 0.15) is 11.6 Å². The Morgan fingerprint density at radius 1 is 1.02 bits per heavy atom. The normalized spacial score (nSPS) is 20.2. The minimum Gasteiger partial charge on any atom is -0.403 e. The van der Waals surface area contributed by atoms with Crippen LogP contribution in [0.15, 0.2) is 77.2 Å². The lowest BCUT2D eigenvalue weighted by molar-refractivity contribution is -0.138. The van der Waals surface area contributed by atoms with Crippen LogP contribution in [-0.2, 0) is 14.3 Å². The van der Waals surface area contributed by atoms with Gasteiger partial charge in [-0.25, -0.2) is 8.78 Å². The number of carbonyl (C=O) groups excluding carboxylic acids is 2. The highest BCUT2D eigenvalue weighted by molar-refractivity contribution is 5.99. The maximum absolute atomic E-state index is 15.2. The molecule has 276 valence electrons. The summed E-state index contributed by atoms with van der Waals surface area (Å²) < 4.78 is 40.4. The van der Waals surface area contributed by atoms with E-state index in [1.807, 2.05) is 36.1 Å². The standard InChI is InChI=1S/C40H43F2N7O4/c1-4-43-39-47-46-37(53-39)28-8-13-32(34(42)21-28)27-15-18-49(19-16-27)36(50)23-48-20-17-40(24-48,52-3)38(51)45-30-11-14-35-33(22-30)31(12-5-25(2)44-35)26-6-9-29(41)10-7-26/h6-15,21-22,25,44H,4-5,16-20,23-24H2,1-3H3,(H,43,47)(H,45,51). The number of benzene rings is 3. The molecule has 1 saturated heterocycles. The number of halogens is 2. The summed E-state index contributed by atoms with van der Waals surface area (Å²) in [5.74, 6) is -0.818. The maximum atomic E-state index is 15.2. The molecule has 4 aromatic rings. The summed E-state index contributed by atoms with van der Waals surface area (Å²) in [6.45, 7) is 6.35. The highest BCUT2D eigenvalue weighted by Crippen LogP contribution is 2.36. The predicted molar refractivity (Wildman–Crippen MR) is 200 cm³/mol. The van der Waals surface area contributed by atoms with Gasteiger partial charge in [0.2, 0.25) is 11.8 Å². The maximum Gasteiger partial charge on any atom is 0.315 e. The molecule has 2 atom stereocenters. The molecule has 3 N–H and O–H groups in total. The fraction of sp³-hybridized carbons (Fsp3) is 0.350. The van der Waals surface area contributed by atoms with E-state index in [9.17, 15) is 14.0 Å². The van der Waals surface area contributed by atoms with Gasteiger partial charge >= 0.3 is 6.01 Å². The van der Waals surface area contributed by atoms with Gasteiger partial charge in [0.15, 0.2) is 5.60 Å². The van der Waals surface area contributed by atoms with E-state index in [4.69, 9.17) is 9.15 Å². The molecule has 0 aliphatic carbocycles. The molecule has 1 aromatic heterocycles. The van der Waals surface area contributed by atoms with Crippen LogP contribution in [0.25, 0.3) is 22.6 Å². The monoisotopic (exact) mass is 723 g/mol. The van der Waals surface area contributed by atoms with Crippen LogP contribution in [0.3, 0.4) is 0 Å². The first-order valence-electron chi connectivity index (χ1n) is 17.9. The Morgan fingerprint density at radius 2 is 1.83 bits per heavy atom. The van der Waals surface area contributed by atoms with Crippen LogP contribution in [0, 0.1) is 11.6 Å². The highest BCUT2D eigenvalue weighted by Gasteiger charge is 2.45. The van der Waals surface area contributed by atoms with Gasteiger partial charge in [-0.05, 0) is 92.3 Å². The number of amides is 2. The second kappa shape index (κ2) is 15.3. The summed E-state index contributed by atoms with van der Waals surface area (Å²) in [7, 11) is 1.52. The number of rotatable bonds is 10. The highest BCUT2D eigenvalue weighted by atomic mass is 19.1. The van der Waals surface area contributed by atoms with Gasteiger partial charge in [0, 0.05) is 73.9 Å². The van der Waals surface area contributed by atoms with Crippen LogP contribution < -0.4 is 16.0 Å². The molecule has 0 spiro atoms. The van der Waals surface area contributed by atoms with Crippen LogP contribution in [0.1, 0.15) is 49.8 Å². The number of methoxy groups -OCH3 is 1. The molecule has 0 bridgehead atoms. The van der Waals surface area contributed by atoms with Gasteiger partial charge in [0.05, 0.1) is 6.54 Å². The predicted octanol–water partition coefficient (Wildman–Crippen LogP) is 6.43. The van der Waals surface area contributed by atoms with Gasteiger partial charge in [-0.1, -0.05) is 35.4 Å². The third-order valence-electron chi connectivity index (χ3n) is 10.2. The first kappa shape index (κ1) is 36.0. The minimum absolute atomic E-state index is 0.0658. The average molecular weight is 724 g/mol. The largest absolute Gasteiger partial charge is 0.403 e. The van der Waals surface area contributed by atoms with Crippen molar-refractivity contribution in [1.29, 1.82) is 0 Å².